The van der Waals surface area contributed by atoms with E-state index in [9.17, 15) is 4.79 Å². The lowest BCUT2D eigenvalue weighted by Gasteiger charge is -2.19. The number of nitrogens with zero attached hydrogens (tertiary/aromatic N) is 1. The molecule has 0 bridgehead atoms. The molecule has 2 aromatic rings. The molecule has 1 aliphatic carbocycles. The molecule has 1 fully saturated rings. The van der Waals surface area contributed by atoms with Crippen LogP contribution in [0.25, 0.3) is 10.8 Å². The first-order valence-corrected chi connectivity index (χ1v) is 8.54. The van der Waals surface area contributed by atoms with Crippen molar-refractivity contribution in [2.45, 2.75) is 38.6 Å². The van der Waals surface area contributed by atoms with E-state index in [1.54, 1.807) is 0 Å². The van der Waals surface area contributed by atoms with Crippen LogP contribution in [-0.4, -0.2) is 23.5 Å². The van der Waals surface area contributed by atoms with Crippen LogP contribution in [0.3, 0.4) is 0 Å². The van der Waals surface area contributed by atoms with E-state index in [0.717, 1.165) is 41.5 Å². The molecule has 2 unspecified atom stereocenters. The monoisotopic (exact) mass is 391 g/mol. The third kappa shape index (κ3) is 4.96. The van der Waals surface area contributed by atoms with Crippen molar-refractivity contribution in [3.05, 3.63) is 29.0 Å². The highest BCUT2D eigenvalue weighted by molar-refractivity contribution is 7.13. The zero-order chi connectivity index (χ0) is 15.5. The molecule has 0 saturated heterocycles. The van der Waals surface area contributed by atoms with E-state index >= 15 is 0 Å². The molecule has 0 spiro atoms. The first kappa shape index (κ1) is 21.0. The van der Waals surface area contributed by atoms with Crippen molar-refractivity contribution >= 4 is 42.1 Å². The van der Waals surface area contributed by atoms with E-state index in [2.05, 4.69) is 10.3 Å². The van der Waals surface area contributed by atoms with Gasteiger partial charge in [-0.05, 0) is 44.4 Å². The largest absolute Gasteiger partial charge is 0.459 e. The fourth-order valence-electron chi connectivity index (χ4n) is 2.98. The van der Waals surface area contributed by atoms with Gasteiger partial charge in [-0.3, -0.25) is 4.79 Å². The molecule has 2 atom stereocenters. The number of thiazole rings is 1. The van der Waals surface area contributed by atoms with Crippen molar-refractivity contribution in [1.82, 2.24) is 10.3 Å². The van der Waals surface area contributed by atoms with Gasteiger partial charge in [0.05, 0.1) is 12.1 Å². The molecule has 3 N–H and O–H groups in total. The van der Waals surface area contributed by atoms with Gasteiger partial charge in [-0.25, -0.2) is 4.98 Å². The van der Waals surface area contributed by atoms with Crippen molar-refractivity contribution in [1.29, 1.82) is 0 Å². The lowest BCUT2D eigenvalue weighted by atomic mass is 10.0. The number of aryl methyl sites for hydroxylation is 1. The van der Waals surface area contributed by atoms with Crippen molar-refractivity contribution in [2.75, 3.05) is 6.54 Å². The second-order valence-corrected chi connectivity index (χ2v) is 6.69. The summed E-state index contributed by atoms with van der Waals surface area (Å²) < 4.78 is 5.56. The lowest BCUT2D eigenvalue weighted by molar-refractivity contribution is -0.121. The molecule has 8 heteroatoms. The van der Waals surface area contributed by atoms with Gasteiger partial charge in [0.2, 0.25) is 5.91 Å². The van der Waals surface area contributed by atoms with Crippen LogP contribution in [0.4, 0.5) is 0 Å². The Hall–Kier alpha value is -1.08. The third-order valence-electron chi connectivity index (χ3n) is 4.15. The first-order chi connectivity index (χ1) is 10.7. The van der Waals surface area contributed by atoms with Crippen LogP contribution in [0.1, 0.15) is 30.7 Å². The summed E-state index contributed by atoms with van der Waals surface area (Å²) in [6.07, 6.45) is 3.59. The highest BCUT2D eigenvalue weighted by atomic mass is 35.5. The van der Waals surface area contributed by atoms with Crippen molar-refractivity contribution < 1.29 is 9.21 Å². The fraction of sp³-hybridized carbons (Fsp3) is 0.500. The van der Waals surface area contributed by atoms with Crippen LogP contribution < -0.4 is 11.1 Å². The second-order valence-electron chi connectivity index (χ2n) is 5.83. The number of halogens is 2. The molecular formula is C16H23Cl2N3O2S. The lowest BCUT2D eigenvalue weighted by Crippen LogP contribution is -2.40. The number of carbonyl (C=O) groups excluding carboxylic acids is 1. The van der Waals surface area contributed by atoms with Crippen LogP contribution in [-0.2, 0) is 11.2 Å². The summed E-state index contributed by atoms with van der Waals surface area (Å²) in [6, 6.07) is 4.04. The number of hydrogen-bond acceptors (Lipinski definition) is 5. The van der Waals surface area contributed by atoms with Crippen molar-refractivity contribution in [3.8, 4) is 10.8 Å². The molecule has 134 valence electrons. The van der Waals surface area contributed by atoms with E-state index in [0.29, 0.717) is 18.9 Å². The Balaban J connectivity index is 0.00000144. The maximum Gasteiger partial charge on any atom is 0.226 e. The van der Waals surface area contributed by atoms with Gasteiger partial charge in [-0.15, -0.1) is 36.2 Å². The molecular weight excluding hydrogens is 369 g/mol. The molecule has 0 aliphatic heterocycles. The Kier molecular flexibility index (Phi) is 8.22. The van der Waals surface area contributed by atoms with Gasteiger partial charge in [-0.2, -0.15) is 0 Å². The van der Waals surface area contributed by atoms with Crippen molar-refractivity contribution in [2.24, 2.45) is 11.7 Å². The third-order valence-corrected chi connectivity index (χ3v) is 5.06. The number of hydrogen-bond donors (Lipinski definition) is 2. The maximum atomic E-state index is 12.2. The summed E-state index contributed by atoms with van der Waals surface area (Å²) in [4.78, 5) is 16.7. The zero-order valence-electron chi connectivity index (χ0n) is 13.5. The smallest absolute Gasteiger partial charge is 0.226 e. The first-order valence-electron chi connectivity index (χ1n) is 7.66. The topological polar surface area (TPSA) is 81.2 Å². The maximum absolute atomic E-state index is 12.2. The van der Waals surface area contributed by atoms with Crippen molar-refractivity contribution in [3.63, 3.8) is 0 Å². The number of aromatic nitrogens is 1. The average Bonchev–Trinajstić information content (AvgIpc) is 3.19. The predicted molar refractivity (Wildman–Crippen MR) is 101 cm³/mol. The number of furan rings is 1. The van der Waals surface area contributed by atoms with Gasteiger partial charge in [0, 0.05) is 11.4 Å². The molecule has 3 rings (SSSR count). The molecule has 0 radical (unpaired) electrons. The summed E-state index contributed by atoms with van der Waals surface area (Å²) in [5.74, 6) is 2.06. The summed E-state index contributed by atoms with van der Waals surface area (Å²) in [7, 11) is 0. The Morgan fingerprint density at radius 3 is 2.88 bits per heavy atom. The van der Waals surface area contributed by atoms with Crippen LogP contribution >= 0.6 is 36.2 Å². The van der Waals surface area contributed by atoms with Crippen LogP contribution in [0.15, 0.2) is 21.9 Å². The molecule has 1 aliphatic rings. The molecule has 24 heavy (non-hydrogen) atoms. The van der Waals surface area contributed by atoms with E-state index in [4.69, 9.17) is 10.2 Å². The Morgan fingerprint density at radius 2 is 2.21 bits per heavy atom. The summed E-state index contributed by atoms with van der Waals surface area (Å²) in [5, 5.41) is 5.84. The fourth-order valence-corrected chi connectivity index (χ4v) is 3.76. The van der Waals surface area contributed by atoms with Gasteiger partial charge in [0.15, 0.2) is 10.8 Å². The molecule has 1 saturated carbocycles. The second kappa shape index (κ2) is 9.42. The van der Waals surface area contributed by atoms with Gasteiger partial charge in [0.25, 0.3) is 0 Å². The molecule has 2 aromatic heterocycles. The van der Waals surface area contributed by atoms with Crippen LogP contribution in [0, 0.1) is 12.8 Å². The Bertz CT molecular complexity index is 659. The van der Waals surface area contributed by atoms with Gasteiger partial charge < -0.3 is 15.5 Å². The molecule has 2 heterocycles. The van der Waals surface area contributed by atoms with E-state index < -0.39 is 0 Å². The van der Waals surface area contributed by atoms with Crippen LogP contribution in [0.5, 0.6) is 0 Å². The van der Waals surface area contributed by atoms with Gasteiger partial charge in [-0.1, -0.05) is 6.42 Å². The highest BCUT2D eigenvalue weighted by Gasteiger charge is 2.27. The molecule has 5 nitrogen and oxygen atoms in total. The Labute approximate surface area is 158 Å². The standard InChI is InChI=1S/C16H21N3O2S.2ClH/c1-10-5-6-14(21-10)16-18-12(9-22-16)7-15(20)19-13-4-2-3-11(13)8-17;;/h5-6,9,11,13H,2-4,7-8,17H2,1H3,(H,19,20);2*1H. The van der Waals surface area contributed by atoms with Gasteiger partial charge in [0.1, 0.15) is 5.76 Å². The van der Waals surface area contributed by atoms with Gasteiger partial charge >= 0.3 is 0 Å². The Morgan fingerprint density at radius 1 is 1.42 bits per heavy atom. The zero-order valence-corrected chi connectivity index (χ0v) is 15.9. The summed E-state index contributed by atoms with van der Waals surface area (Å²) in [6.45, 7) is 2.55. The minimum absolute atomic E-state index is 0. The summed E-state index contributed by atoms with van der Waals surface area (Å²) in [5.41, 5.74) is 6.54. The normalized spacial score (nSPS) is 19.4. The quantitative estimate of drug-likeness (QED) is 0.818. The minimum atomic E-state index is 0. The number of rotatable bonds is 5. The minimum Gasteiger partial charge on any atom is -0.459 e. The van der Waals surface area contributed by atoms with Crippen LogP contribution in [0.2, 0.25) is 0 Å². The van der Waals surface area contributed by atoms with E-state index in [1.807, 2.05) is 24.4 Å². The average molecular weight is 392 g/mol. The number of nitrogens with one attached hydrogen (secondary N) is 1. The number of nitrogens with two attached hydrogens (primary N) is 1. The van der Waals surface area contributed by atoms with E-state index in [-0.39, 0.29) is 36.8 Å². The molecule has 0 aromatic carbocycles. The number of carbonyl (C=O) groups is 1. The summed E-state index contributed by atoms with van der Waals surface area (Å²) >= 11 is 1.50. The SMILES string of the molecule is Cc1ccc(-c2nc(CC(=O)NC3CCCC3CN)cs2)o1.Cl.Cl. The molecule has 1 amide bonds. The predicted octanol–water partition coefficient (Wildman–Crippen LogP) is 3.34. The number of amides is 1. The highest BCUT2D eigenvalue weighted by Crippen LogP contribution is 2.26. The van der Waals surface area contributed by atoms with E-state index in [1.165, 1.54) is 11.3 Å².